The number of piperazine rings is 1. The predicted molar refractivity (Wildman–Crippen MR) is 162 cm³/mol. The lowest BCUT2D eigenvalue weighted by Crippen LogP contribution is -2.51. The first-order valence-corrected chi connectivity index (χ1v) is 14.4. The summed E-state index contributed by atoms with van der Waals surface area (Å²) in [4.78, 5) is 57.7. The quantitative estimate of drug-likeness (QED) is 0.307. The molecule has 4 aromatic rings. The molecular weight excluding hydrogens is 609 g/mol. The maximum Gasteiger partial charge on any atom is 0.416 e. The van der Waals surface area contributed by atoms with Crippen LogP contribution in [-0.4, -0.2) is 91.2 Å². The molecule has 1 aliphatic heterocycles. The molecule has 2 N–H and O–H groups in total. The lowest BCUT2D eigenvalue weighted by molar-refractivity contribution is -0.137. The minimum atomic E-state index is -4.52. The summed E-state index contributed by atoms with van der Waals surface area (Å²) in [5.74, 6) is -0.937. The minimum absolute atomic E-state index is 0.105. The van der Waals surface area contributed by atoms with Gasteiger partial charge >= 0.3 is 6.18 Å². The summed E-state index contributed by atoms with van der Waals surface area (Å²) in [6.45, 7) is 5.51. The van der Waals surface area contributed by atoms with Crippen molar-refractivity contribution in [2.75, 3.05) is 55.4 Å². The van der Waals surface area contributed by atoms with Crippen LogP contribution >= 0.6 is 0 Å². The molecule has 244 valence electrons. The van der Waals surface area contributed by atoms with Gasteiger partial charge in [-0.3, -0.25) is 14.4 Å². The van der Waals surface area contributed by atoms with Gasteiger partial charge in [0.15, 0.2) is 11.4 Å². The highest BCUT2D eigenvalue weighted by molar-refractivity contribution is 5.95. The van der Waals surface area contributed by atoms with Crippen molar-refractivity contribution in [1.82, 2.24) is 34.0 Å². The molecule has 0 unspecified atom stereocenters. The van der Waals surface area contributed by atoms with Crippen LogP contribution in [0.25, 0.3) is 5.78 Å². The van der Waals surface area contributed by atoms with Crippen LogP contribution in [0.4, 0.5) is 30.5 Å². The van der Waals surface area contributed by atoms with Crippen LogP contribution in [0, 0.1) is 13.8 Å². The monoisotopic (exact) mass is 642 g/mol. The third-order valence-electron chi connectivity index (χ3n) is 7.77. The first kappa shape index (κ1) is 32.2. The van der Waals surface area contributed by atoms with E-state index >= 15 is 0 Å². The zero-order valence-corrected chi connectivity index (χ0v) is 25.9. The molecule has 5 rings (SSSR count). The normalized spacial score (nSPS) is 13.7. The molecule has 3 aromatic heterocycles. The number of nitrogens with one attached hydrogen (secondary N) is 1. The van der Waals surface area contributed by atoms with Crippen molar-refractivity contribution in [2.45, 2.75) is 39.9 Å². The van der Waals surface area contributed by atoms with Gasteiger partial charge in [0.05, 0.1) is 17.0 Å². The molecule has 0 atom stereocenters. The molecule has 14 nitrogen and oxygen atoms in total. The molecule has 0 aliphatic carbocycles. The molecule has 46 heavy (non-hydrogen) atoms. The number of aromatic hydroxyl groups is 1. The minimum Gasteiger partial charge on any atom is -0.504 e. The number of carbonyl (C=O) groups excluding carboxylic acids is 2. The predicted octanol–water partition coefficient (Wildman–Crippen LogP) is 2.25. The molecule has 1 saturated heterocycles. The molecule has 0 radical (unpaired) electrons. The van der Waals surface area contributed by atoms with Gasteiger partial charge in [0, 0.05) is 46.0 Å². The highest BCUT2D eigenvalue weighted by atomic mass is 19.4. The second-order valence-corrected chi connectivity index (χ2v) is 11.1. The summed E-state index contributed by atoms with van der Waals surface area (Å²) >= 11 is 0. The number of hydrogen-bond acceptors (Lipinski definition) is 10. The van der Waals surface area contributed by atoms with Gasteiger partial charge in [0.2, 0.25) is 17.6 Å². The van der Waals surface area contributed by atoms with Crippen molar-refractivity contribution in [3.8, 4) is 5.75 Å². The lowest BCUT2D eigenvalue weighted by atomic mass is 10.1. The Kier molecular flexibility index (Phi) is 8.60. The Morgan fingerprint density at radius 3 is 2.39 bits per heavy atom. The van der Waals surface area contributed by atoms with E-state index in [0.717, 1.165) is 16.6 Å². The van der Waals surface area contributed by atoms with Gasteiger partial charge < -0.3 is 29.7 Å². The third-order valence-corrected chi connectivity index (χ3v) is 7.77. The topological polar surface area (TPSA) is 154 Å². The van der Waals surface area contributed by atoms with E-state index in [1.54, 1.807) is 30.5 Å². The Balaban J connectivity index is 1.47. The molecule has 0 bridgehead atoms. The number of benzene rings is 1. The fourth-order valence-electron chi connectivity index (χ4n) is 5.33. The number of fused-ring (bicyclic) bond motifs is 1. The Morgan fingerprint density at radius 2 is 1.78 bits per heavy atom. The smallest absolute Gasteiger partial charge is 0.416 e. The Hall–Kier alpha value is -5.22. The summed E-state index contributed by atoms with van der Waals surface area (Å²) in [5, 5.41) is 17.4. The van der Waals surface area contributed by atoms with Crippen LogP contribution in [0.3, 0.4) is 0 Å². The van der Waals surface area contributed by atoms with Crippen molar-refractivity contribution in [1.29, 1.82) is 0 Å². The Morgan fingerprint density at radius 1 is 1.09 bits per heavy atom. The number of hydrogen-bond donors (Lipinski definition) is 2. The SMILES string of the molecule is CCc1c(N2CCN(C(=O)c3ncnc(C)c3O)CC2)c(=O)n2nc(N(C)C)nc2n1CC(=O)Nc1ccc(C(F)(F)F)cc1C. The fourth-order valence-corrected chi connectivity index (χ4v) is 5.33. The first-order chi connectivity index (χ1) is 21.7. The van der Waals surface area contributed by atoms with Crippen LogP contribution in [0.1, 0.15) is 39.9 Å². The number of nitrogens with zero attached hydrogens (tertiary/aromatic N) is 9. The number of anilines is 3. The molecule has 17 heteroatoms. The number of rotatable bonds is 7. The van der Waals surface area contributed by atoms with Gasteiger partial charge in [-0.1, -0.05) is 6.92 Å². The number of aryl methyl sites for hydroxylation is 2. The highest BCUT2D eigenvalue weighted by Gasteiger charge is 2.32. The van der Waals surface area contributed by atoms with Crippen molar-refractivity contribution >= 4 is 34.9 Å². The third kappa shape index (κ3) is 6.03. The average molecular weight is 643 g/mol. The molecule has 1 aliphatic rings. The summed E-state index contributed by atoms with van der Waals surface area (Å²) in [6, 6.07) is 3.06. The summed E-state index contributed by atoms with van der Waals surface area (Å²) in [5.41, 5.74) is 0.136. The van der Waals surface area contributed by atoms with E-state index in [1.807, 2.05) is 11.8 Å². The zero-order chi connectivity index (χ0) is 33.5. The molecular formula is C29H33F3N10O4. The van der Waals surface area contributed by atoms with E-state index < -0.39 is 29.1 Å². The molecule has 1 fully saturated rings. The largest absolute Gasteiger partial charge is 0.504 e. The second-order valence-electron chi connectivity index (χ2n) is 11.1. The van der Waals surface area contributed by atoms with Crippen LogP contribution in [0.15, 0.2) is 29.3 Å². The van der Waals surface area contributed by atoms with Gasteiger partial charge in [0.25, 0.3) is 11.5 Å². The van der Waals surface area contributed by atoms with E-state index in [0.29, 0.717) is 12.1 Å². The molecule has 0 saturated carbocycles. The van der Waals surface area contributed by atoms with Crippen molar-refractivity contribution < 1.29 is 27.9 Å². The maximum absolute atomic E-state index is 13.9. The van der Waals surface area contributed by atoms with E-state index in [1.165, 1.54) is 24.2 Å². The van der Waals surface area contributed by atoms with Crippen molar-refractivity contribution in [3.63, 3.8) is 0 Å². The lowest BCUT2D eigenvalue weighted by Gasteiger charge is -2.36. The molecule has 1 aromatic carbocycles. The number of carbonyl (C=O) groups is 2. The average Bonchev–Trinajstić information content (AvgIpc) is 3.47. The van der Waals surface area contributed by atoms with Gasteiger partial charge in [-0.15, -0.1) is 5.10 Å². The number of aromatic nitrogens is 6. The summed E-state index contributed by atoms with van der Waals surface area (Å²) in [6.07, 6.45) is -2.99. The fraction of sp³-hybridized carbons (Fsp3) is 0.414. The Bertz CT molecular complexity index is 1880. The standard InChI is InChI=1S/C29H33F3N10O4/c1-6-20-23(39-9-11-40(12-10-39)25(45)22-24(44)17(3)33-15-34-22)26(46)42-28(36-27(37-42)38(4)5)41(20)14-21(43)35-19-8-7-18(13-16(19)2)29(30,31)32/h7-8,13,15,44H,6,9-12,14H2,1-5H3,(H,35,43). The first-order valence-electron chi connectivity index (χ1n) is 14.4. The number of alkyl halides is 3. The second kappa shape index (κ2) is 12.3. The van der Waals surface area contributed by atoms with E-state index in [9.17, 15) is 32.7 Å². The number of amides is 2. The van der Waals surface area contributed by atoms with Gasteiger partial charge in [-0.05, 0) is 44.0 Å². The van der Waals surface area contributed by atoms with Crippen LogP contribution < -0.4 is 20.7 Å². The summed E-state index contributed by atoms with van der Waals surface area (Å²) < 4.78 is 42.2. The van der Waals surface area contributed by atoms with Crippen LogP contribution in [0.2, 0.25) is 0 Å². The van der Waals surface area contributed by atoms with Crippen LogP contribution in [-0.2, 0) is 23.9 Å². The molecule has 4 heterocycles. The van der Waals surface area contributed by atoms with E-state index in [-0.39, 0.29) is 78.5 Å². The Labute approximate surface area is 261 Å². The van der Waals surface area contributed by atoms with Gasteiger partial charge in [-0.25, -0.2) is 9.97 Å². The van der Waals surface area contributed by atoms with E-state index in [2.05, 4.69) is 25.4 Å². The maximum atomic E-state index is 13.9. The van der Waals surface area contributed by atoms with Gasteiger partial charge in [-0.2, -0.15) is 22.7 Å². The number of halogens is 3. The van der Waals surface area contributed by atoms with Gasteiger partial charge in [0.1, 0.15) is 18.6 Å². The summed E-state index contributed by atoms with van der Waals surface area (Å²) in [7, 11) is 3.41. The van der Waals surface area contributed by atoms with Crippen molar-refractivity contribution in [2.24, 2.45) is 0 Å². The van der Waals surface area contributed by atoms with E-state index in [4.69, 9.17) is 0 Å². The van der Waals surface area contributed by atoms with Crippen LogP contribution in [0.5, 0.6) is 5.75 Å². The molecule has 2 amide bonds. The zero-order valence-electron chi connectivity index (χ0n) is 25.9. The van der Waals surface area contributed by atoms with Crippen molar-refractivity contribution in [3.05, 3.63) is 63.1 Å². The highest BCUT2D eigenvalue weighted by Crippen LogP contribution is 2.32. The molecule has 0 spiro atoms.